The highest BCUT2D eigenvalue weighted by atomic mass is 79.9. The zero-order valence-corrected chi connectivity index (χ0v) is 17.4. The Bertz CT molecular complexity index is 1080. The number of nitrogens with one attached hydrogen (secondary N) is 1. The molecule has 0 fully saturated rings. The fourth-order valence-corrected chi connectivity index (χ4v) is 3.22. The number of esters is 1. The molecule has 0 aliphatic carbocycles. The molecule has 3 rings (SSSR count). The van der Waals surface area contributed by atoms with Gasteiger partial charge in [-0.25, -0.2) is 4.98 Å². The summed E-state index contributed by atoms with van der Waals surface area (Å²) >= 11 is 3.37. The standard InChI is InChI=1S/C21H20BrN3O4/c1-29-20(27)12-18(14-6-8-15(22)9-7-14)24-19(26)10-11-25-13-23-17-5-3-2-4-16(17)21(25)28/h2-9,13,18H,10-12H2,1H3,(H,24,26). The Labute approximate surface area is 175 Å². The highest BCUT2D eigenvalue weighted by Gasteiger charge is 2.19. The van der Waals surface area contributed by atoms with Crippen molar-refractivity contribution in [3.63, 3.8) is 0 Å². The molecule has 0 spiro atoms. The summed E-state index contributed by atoms with van der Waals surface area (Å²) in [5, 5.41) is 3.36. The molecule has 1 N–H and O–H groups in total. The molecule has 2 aromatic carbocycles. The third-order valence-corrected chi connectivity index (χ3v) is 5.05. The third kappa shape index (κ3) is 5.29. The molecule has 1 unspecified atom stereocenters. The lowest BCUT2D eigenvalue weighted by Crippen LogP contribution is -2.32. The first kappa shape index (κ1) is 20.7. The van der Waals surface area contributed by atoms with Crippen LogP contribution in [0.2, 0.25) is 0 Å². The zero-order valence-electron chi connectivity index (χ0n) is 15.8. The van der Waals surface area contributed by atoms with E-state index in [-0.39, 0.29) is 30.9 Å². The van der Waals surface area contributed by atoms with Gasteiger partial charge in [0.1, 0.15) is 0 Å². The van der Waals surface area contributed by atoms with Gasteiger partial charge in [-0.1, -0.05) is 40.2 Å². The molecule has 1 aromatic heterocycles. The molecule has 0 saturated heterocycles. The summed E-state index contributed by atoms with van der Waals surface area (Å²) in [4.78, 5) is 41.0. The average Bonchev–Trinajstić information content (AvgIpc) is 2.73. The van der Waals surface area contributed by atoms with Gasteiger partial charge in [-0.15, -0.1) is 0 Å². The molecule has 7 nitrogen and oxygen atoms in total. The van der Waals surface area contributed by atoms with Crippen molar-refractivity contribution in [2.24, 2.45) is 0 Å². The lowest BCUT2D eigenvalue weighted by atomic mass is 10.0. The number of amides is 1. The van der Waals surface area contributed by atoms with Crippen LogP contribution in [0.5, 0.6) is 0 Å². The highest BCUT2D eigenvalue weighted by Crippen LogP contribution is 2.20. The van der Waals surface area contributed by atoms with Crippen molar-refractivity contribution < 1.29 is 14.3 Å². The number of nitrogens with zero attached hydrogens (tertiary/aromatic N) is 2. The second-order valence-electron chi connectivity index (χ2n) is 6.46. The highest BCUT2D eigenvalue weighted by molar-refractivity contribution is 9.10. The predicted molar refractivity (Wildman–Crippen MR) is 112 cm³/mol. The number of ether oxygens (including phenoxy) is 1. The number of halogens is 1. The molecule has 0 saturated carbocycles. The molecule has 0 aliphatic rings. The summed E-state index contributed by atoms with van der Waals surface area (Å²) in [6.45, 7) is 0.188. The molecule has 0 aliphatic heterocycles. The van der Waals surface area contributed by atoms with Crippen LogP contribution < -0.4 is 10.9 Å². The van der Waals surface area contributed by atoms with E-state index >= 15 is 0 Å². The SMILES string of the molecule is COC(=O)CC(NC(=O)CCn1cnc2ccccc2c1=O)c1ccc(Br)cc1. The number of fused-ring (bicyclic) bond motifs is 1. The minimum atomic E-state index is -0.519. The van der Waals surface area contributed by atoms with Gasteiger partial charge >= 0.3 is 5.97 Å². The first-order valence-corrected chi connectivity index (χ1v) is 9.83. The zero-order chi connectivity index (χ0) is 20.8. The van der Waals surface area contributed by atoms with Crippen LogP contribution >= 0.6 is 15.9 Å². The van der Waals surface area contributed by atoms with Crippen LogP contribution in [0.1, 0.15) is 24.4 Å². The third-order valence-electron chi connectivity index (χ3n) is 4.52. The van der Waals surface area contributed by atoms with Crippen LogP contribution in [0.15, 0.2) is 64.1 Å². The topological polar surface area (TPSA) is 90.3 Å². The molecule has 0 bridgehead atoms. The lowest BCUT2D eigenvalue weighted by Gasteiger charge is -2.18. The minimum Gasteiger partial charge on any atom is -0.469 e. The predicted octanol–water partition coefficient (Wildman–Crippen LogP) is 2.97. The number of carbonyl (C=O) groups excluding carboxylic acids is 2. The molecule has 1 heterocycles. The number of hydrogen-bond donors (Lipinski definition) is 1. The Balaban J connectivity index is 1.70. The van der Waals surface area contributed by atoms with Gasteiger partial charge < -0.3 is 10.1 Å². The Morgan fingerprint density at radius 1 is 1.17 bits per heavy atom. The average molecular weight is 458 g/mol. The molecule has 1 atom stereocenters. The maximum atomic E-state index is 12.5. The first-order valence-electron chi connectivity index (χ1n) is 9.03. The van der Waals surface area contributed by atoms with Gasteiger partial charge in [0.25, 0.3) is 5.56 Å². The van der Waals surface area contributed by atoms with Crippen molar-refractivity contribution in [3.05, 3.63) is 75.2 Å². The number of aromatic nitrogens is 2. The van der Waals surface area contributed by atoms with Gasteiger partial charge in [-0.3, -0.25) is 19.0 Å². The smallest absolute Gasteiger partial charge is 0.307 e. The van der Waals surface area contributed by atoms with E-state index in [4.69, 9.17) is 4.74 Å². The number of methoxy groups -OCH3 is 1. The largest absolute Gasteiger partial charge is 0.469 e. The van der Waals surface area contributed by atoms with Crippen molar-refractivity contribution in [1.29, 1.82) is 0 Å². The van der Waals surface area contributed by atoms with E-state index in [0.29, 0.717) is 10.9 Å². The fourth-order valence-electron chi connectivity index (χ4n) is 2.95. The molecule has 1 amide bonds. The number of carbonyl (C=O) groups is 2. The van der Waals surface area contributed by atoms with Crippen LogP contribution in [0, 0.1) is 0 Å². The summed E-state index contributed by atoms with van der Waals surface area (Å²) in [6.07, 6.45) is 1.54. The van der Waals surface area contributed by atoms with Crippen molar-refractivity contribution in [2.45, 2.75) is 25.4 Å². The van der Waals surface area contributed by atoms with Gasteiger partial charge in [-0.2, -0.15) is 0 Å². The van der Waals surface area contributed by atoms with E-state index in [1.54, 1.807) is 18.2 Å². The van der Waals surface area contributed by atoms with Crippen molar-refractivity contribution in [3.8, 4) is 0 Å². The van der Waals surface area contributed by atoms with E-state index in [2.05, 4.69) is 26.2 Å². The summed E-state index contributed by atoms with van der Waals surface area (Å²) in [5.41, 5.74) is 1.21. The van der Waals surface area contributed by atoms with Gasteiger partial charge in [-0.05, 0) is 29.8 Å². The summed E-state index contributed by atoms with van der Waals surface area (Å²) in [6, 6.07) is 13.9. The molecule has 8 heteroatoms. The number of aryl methyl sites for hydroxylation is 1. The number of hydrogen-bond acceptors (Lipinski definition) is 5. The Hall–Kier alpha value is -3.00. The lowest BCUT2D eigenvalue weighted by molar-refractivity contribution is -0.141. The summed E-state index contributed by atoms with van der Waals surface area (Å²) < 4.78 is 7.05. The first-order chi connectivity index (χ1) is 14.0. The number of rotatable bonds is 7. The van der Waals surface area contributed by atoms with Crippen LogP contribution in [-0.2, 0) is 20.9 Å². The van der Waals surface area contributed by atoms with Crippen LogP contribution in [-0.4, -0.2) is 28.5 Å². The normalized spacial score (nSPS) is 11.8. The van der Waals surface area contributed by atoms with E-state index in [1.807, 2.05) is 30.3 Å². The molecular formula is C21H20BrN3O4. The van der Waals surface area contributed by atoms with Crippen molar-refractivity contribution >= 4 is 38.7 Å². The molecular weight excluding hydrogens is 438 g/mol. The van der Waals surface area contributed by atoms with E-state index < -0.39 is 12.0 Å². The fraction of sp³-hybridized carbons (Fsp3) is 0.238. The molecule has 29 heavy (non-hydrogen) atoms. The second-order valence-corrected chi connectivity index (χ2v) is 7.38. The van der Waals surface area contributed by atoms with E-state index in [9.17, 15) is 14.4 Å². The monoisotopic (exact) mass is 457 g/mol. The molecule has 3 aromatic rings. The summed E-state index contributed by atoms with van der Waals surface area (Å²) in [7, 11) is 1.31. The molecule has 150 valence electrons. The maximum absolute atomic E-state index is 12.5. The van der Waals surface area contributed by atoms with Crippen LogP contribution in [0.4, 0.5) is 0 Å². The van der Waals surface area contributed by atoms with Gasteiger partial charge in [0, 0.05) is 17.4 Å². The van der Waals surface area contributed by atoms with E-state index in [0.717, 1.165) is 10.0 Å². The number of benzene rings is 2. The Morgan fingerprint density at radius 2 is 1.90 bits per heavy atom. The van der Waals surface area contributed by atoms with Gasteiger partial charge in [0.05, 0.1) is 36.8 Å². The van der Waals surface area contributed by atoms with Crippen molar-refractivity contribution in [2.75, 3.05) is 7.11 Å². The Morgan fingerprint density at radius 3 is 2.62 bits per heavy atom. The van der Waals surface area contributed by atoms with Crippen molar-refractivity contribution in [1.82, 2.24) is 14.9 Å². The van der Waals surface area contributed by atoms with Gasteiger partial charge in [0.2, 0.25) is 5.91 Å². The maximum Gasteiger partial charge on any atom is 0.307 e. The Kier molecular flexibility index (Phi) is 6.77. The second kappa shape index (κ2) is 9.47. The summed E-state index contributed by atoms with van der Waals surface area (Å²) in [5.74, 6) is -0.699. The minimum absolute atomic E-state index is 0.0152. The molecule has 0 radical (unpaired) electrons. The number of para-hydroxylation sites is 1. The van der Waals surface area contributed by atoms with Crippen LogP contribution in [0.3, 0.4) is 0 Å². The van der Waals surface area contributed by atoms with Crippen LogP contribution in [0.25, 0.3) is 10.9 Å². The quantitative estimate of drug-likeness (QED) is 0.550. The van der Waals surface area contributed by atoms with Gasteiger partial charge in [0.15, 0.2) is 0 Å². The van der Waals surface area contributed by atoms with E-state index in [1.165, 1.54) is 18.0 Å².